The Balaban J connectivity index is 2.59. The van der Waals surface area contributed by atoms with E-state index in [9.17, 15) is 9.18 Å². The van der Waals surface area contributed by atoms with E-state index < -0.39 is 12.7 Å². The van der Waals surface area contributed by atoms with E-state index in [0.717, 1.165) is 0 Å². The molecule has 0 bridgehead atoms. The van der Waals surface area contributed by atoms with Crippen LogP contribution in [0.1, 0.15) is 17.3 Å². The maximum absolute atomic E-state index is 12.0. The fraction of sp³-hybridized carbons (Fsp3) is 0.300. The lowest BCUT2D eigenvalue weighted by Gasteiger charge is -2.09. The van der Waals surface area contributed by atoms with Gasteiger partial charge in [0.25, 0.3) is 5.91 Å². The first-order valence-electron chi connectivity index (χ1n) is 4.16. The zero-order valence-electron chi connectivity index (χ0n) is 7.46. The molecule has 0 aromatic heterocycles. The predicted octanol–water partition coefficient (Wildman–Crippen LogP) is 1.77. The van der Waals surface area contributed by atoms with Gasteiger partial charge in [-0.3, -0.25) is 4.79 Å². The molecule has 1 amide bonds. The maximum atomic E-state index is 12.0. The van der Waals surface area contributed by atoms with Crippen molar-refractivity contribution in [2.24, 2.45) is 0 Å². The smallest absolute Gasteiger partial charge is 0.251 e. The normalized spacial score (nSPS) is 12.2. The average molecular weight is 181 g/mol. The SMILES string of the molecule is CC(CF)NC(=O)c1ccccc1. The molecule has 0 spiro atoms. The summed E-state index contributed by atoms with van der Waals surface area (Å²) in [6, 6.07) is 8.34. The summed E-state index contributed by atoms with van der Waals surface area (Å²) in [5.41, 5.74) is 0.558. The average Bonchev–Trinajstić information content (AvgIpc) is 2.19. The molecule has 0 aliphatic heterocycles. The summed E-state index contributed by atoms with van der Waals surface area (Å²) in [6.07, 6.45) is 0. The second kappa shape index (κ2) is 4.60. The van der Waals surface area contributed by atoms with Crippen molar-refractivity contribution in [2.75, 3.05) is 6.67 Å². The molecule has 3 heteroatoms. The quantitative estimate of drug-likeness (QED) is 0.756. The van der Waals surface area contributed by atoms with Gasteiger partial charge in [-0.15, -0.1) is 0 Å². The molecule has 0 saturated heterocycles. The molecule has 1 rings (SSSR count). The van der Waals surface area contributed by atoms with E-state index in [1.807, 2.05) is 6.07 Å². The number of benzene rings is 1. The largest absolute Gasteiger partial charge is 0.347 e. The topological polar surface area (TPSA) is 29.1 Å². The molecule has 0 aliphatic carbocycles. The summed E-state index contributed by atoms with van der Waals surface area (Å²) in [5, 5.41) is 2.53. The third-order valence-corrected chi connectivity index (χ3v) is 1.64. The molecule has 2 nitrogen and oxygen atoms in total. The van der Waals surface area contributed by atoms with E-state index in [1.165, 1.54) is 0 Å². The summed E-state index contributed by atoms with van der Waals surface area (Å²) >= 11 is 0. The van der Waals surface area contributed by atoms with Crippen molar-refractivity contribution in [3.05, 3.63) is 35.9 Å². The van der Waals surface area contributed by atoms with Crippen LogP contribution in [0.2, 0.25) is 0 Å². The van der Waals surface area contributed by atoms with Crippen LogP contribution < -0.4 is 5.32 Å². The van der Waals surface area contributed by atoms with E-state index in [-0.39, 0.29) is 5.91 Å². The van der Waals surface area contributed by atoms with E-state index in [2.05, 4.69) is 5.32 Å². The Morgan fingerprint density at radius 2 is 2.08 bits per heavy atom. The van der Waals surface area contributed by atoms with Crippen LogP contribution in [0.25, 0.3) is 0 Å². The first-order chi connectivity index (χ1) is 6.24. The highest BCUT2D eigenvalue weighted by atomic mass is 19.1. The fourth-order valence-corrected chi connectivity index (χ4v) is 0.935. The van der Waals surface area contributed by atoms with Crippen LogP contribution >= 0.6 is 0 Å². The van der Waals surface area contributed by atoms with Gasteiger partial charge in [0.1, 0.15) is 6.67 Å². The van der Waals surface area contributed by atoms with Gasteiger partial charge in [-0.05, 0) is 19.1 Å². The first-order valence-corrected chi connectivity index (χ1v) is 4.16. The number of alkyl halides is 1. The van der Waals surface area contributed by atoms with Gasteiger partial charge in [0.05, 0.1) is 6.04 Å². The lowest BCUT2D eigenvalue weighted by Crippen LogP contribution is -2.33. The summed E-state index contributed by atoms with van der Waals surface area (Å²) in [5.74, 6) is -0.231. The van der Waals surface area contributed by atoms with Crippen LogP contribution in [0, 0.1) is 0 Å². The molecule has 1 aromatic carbocycles. The summed E-state index contributed by atoms with van der Waals surface area (Å²) in [6.45, 7) is 1.08. The highest BCUT2D eigenvalue weighted by Gasteiger charge is 2.07. The molecule has 1 atom stereocenters. The van der Waals surface area contributed by atoms with Crippen molar-refractivity contribution in [1.82, 2.24) is 5.32 Å². The lowest BCUT2D eigenvalue weighted by atomic mass is 10.2. The Bertz CT molecular complexity index is 274. The van der Waals surface area contributed by atoms with Gasteiger partial charge in [-0.25, -0.2) is 4.39 Å². The number of carbonyl (C=O) groups excluding carboxylic acids is 1. The van der Waals surface area contributed by atoms with Crippen molar-refractivity contribution in [3.63, 3.8) is 0 Å². The lowest BCUT2D eigenvalue weighted by molar-refractivity contribution is 0.0934. The standard InChI is InChI=1S/C10H12FNO/c1-8(7-11)12-10(13)9-5-3-2-4-6-9/h2-6,8H,7H2,1H3,(H,12,13). The van der Waals surface area contributed by atoms with Crippen LogP contribution in [-0.4, -0.2) is 18.6 Å². The maximum Gasteiger partial charge on any atom is 0.251 e. The Labute approximate surface area is 76.8 Å². The van der Waals surface area contributed by atoms with Crippen LogP contribution in [-0.2, 0) is 0 Å². The Hall–Kier alpha value is -1.38. The molecular weight excluding hydrogens is 169 g/mol. The fourth-order valence-electron chi connectivity index (χ4n) is 0.935. The van der Waals surface area contributed by atoms with Crippen LogP contribution in [0.5, 0.6) is 0 Å². The molecule has 0 radical (unpaired) electrons. The zero-order chi connectivity index (χ0) is 9.68. The molecule has 1 N–H and O–H groups in total. The van der Waals surface area contributed by atoms with Gasteiger partial charge in [0.15, 0.2) is 0 Å². The van der Waals surface area contributed by atoms with E-state index in [4.69, 9.17) is 0 Å². The molecule has 13 heavy (non-hydrogen) atoms. The Morgan fingerprint density at radius 3 is 2.62 bits per heavy atom. The molecule has 70 valence electrons. The third kappa shape index (κ3) is 2.86. The number of halogens is 1. The molecular formula is C10H12FNO. The first kappa shape index (κ1) is 9.71. The number of carbonyl (C=O) groups is 1. The minimum atomic E-state index is -0.543. The molecule has 0 heterocycles. The van der Waals surface area contributed by atoms with Gasteiger partial charge in [0.2, 0.25) is 0 Å². The van der Waals surface area contributed by atoms with Crippen molar-refractivity contribution in [2.45, 2.75) is 13.0 Å². The molecule has 0 fully saturated rings. The number of hydrogen-bond donors (Lipinski definition) is 1. The number of amides is 1. The minimum Gasteiger partial charge on any atom is -0.347 e. The monoisotopic (exact) mass is 181 g/mol. The van der Waals surface area contributed by atoms with Gasteiger partial charge in [-0.1, -0.05) is 18.2 Å². The molecule has 1 unspecified atom stereocenters. The summed E-state index contributed by atoms with van der Waals surface area (Å²) in [4.78, 5) is 11.3. The Kier molecular flexibility index (Phi) is 3.43. The van der Waals surface area contributed by atoms with Crippen molar-refractivity contribution >= 4 is 5.91 Å². The Morgan fingerprint density at radius 1 is 1.46 bits per heavy atom. The number of nitrogens with one attached hydrogen (secondary N) is 1. The number of hydrogen-bond acceptors (Lipinski definition) is 1. The highest BCUT2D eigenvalue weighted by molar-refractivity contribution is 5.94. The van der Waals surface area contributed by atoms with E-state index in [1.54, 1.807) is 31.2 Å². The van der Waals surface area contributed by atoms with Gasteiger partial charge >= 0.3 is 0 Å². The van der Waals surface area contributed by atoms with E-state index >= 15 is 0 Å². The second-order valence-corrected chi connectivity index (χ2v) is 2.89. The van der Waals surface area contributed by atoms with Crippen molar-refractivity contribution < 1.29 is 9.18 Å². The van der Waals surface area contributed by atoms with Gasteiger partial charge in [-0.2, -0.15) is 0 Å². The third-order valence-electron chi connectivity index (χ3n) is 1.64. The van der Waals surface area contributed by atoms with Gasteiger partial charge in [0, 0.05) is 5.56 Å². The van der Waals surface area contributed by atoms with Crippen LogP contribution in [0.4, 0.5) is 4.39 Å². The van der Waals surface area contributed by atoms with Gasteiger partial charge < -0.3 is 5.32 Å². The minimum absolute atomic E-state index is 0.231. The molecule has 1 aromatic rings. The highest BCUT2D eigenvalue weighted by Crippen LogP contribution is 1.98. The van der Waals surface area contributed by atoms with Crippen molar-refractivity contribution in [1.29, 1.82) is 0 Å². The molecule has 0 saturated carbocycles. The van der Waals surface area contributed by atoms with Crippen LogP contribution in [0.15, 0.2) is 30.3 Å². The molecule has 0 aliphatic rings. The van der Waals surface area contributed by atoms with E-state index in [0.29, 0.717) is 5.56 Å². The van der Waals surface area contributed by atoms with Crippen LogP contribution in [0.3, 0.4) is 0 Å². The summed E-state index contributed by atoms with van der Waals surface area (Å²) in [7, 11) is 0. The summed E-state index contributed by atoms with van der Waals surface area (Å²) < 4.78 is 12.0. The second-order valence-electron chi connectivity index (χ2n) is 2.89. The van der Waals surface area contributed by atoms with Crippen molar-refractivity contribution in [3.8, 4) is 0 Å². The zero-order valence-corrected chi connectivity index (χ0v) is 7.46. The number of rotatable bonds is 3. The predicted molar refractivity (Wildman–Crippen MR) is 49.3 cm³/mol.